The largest absolute Gasteiger partial charge is 0.326 e. The standard InChI is InChI=1S/C23H20FN3O3S/c1-16(28)25-19-9-11-20(12-10-19)31(29,30)15-23-26-21-7-2-3-8-22(21)27(23)14-17-5-4-6-18(24)13-17/h2-13H,14-15H2,1H3,(H,25,28). The van der Waals surface area contributed by atoms with Crippen LogP contribution in [0.15, 0.2) is 77.7 Å². The number of halogens is 1. The summed E-state index contributed by atoms with van der Waals surface area (Å²) in [5.74, 6) is -0.523. The van der Waals surface area contributed by atoms with Gasteiger partial charge in [0.25, 0.3) is 0 Å². The molecule has 1 heterocycles. The summed E-state index contributed by atoms with van der Waals surface area (Å²) in [5, 5.41) is 2.61. The quantitative estimate of drug-likeness (QED) is 0.491. The summed E-state index contributed by atoms with van der Waals surface area (Å²) in [7, 11) is -3.70. The molecule has 6 nitrogen and oxygen atoms in total. The monoisotopic (exact) mass is 437 g/mol. The van der Waals surface area contributed by atoms with E-state index in [0.29, 0.717) is 29.1 Å². The van der Waals surface area contributed by atoms with Crippen LogP contribution in [0.1, 0.15) is 18.3 Å². The summed E-state index contributed by atoms with van der Waals surface area (Å²) >= 11 is 0. The topological polar surface area (TPSA) is 81.1 Å². The van der Waals surface area contributed by atoms with Crippen LogP contribution in [0, 0.1) is 5.82 Å². The molecule has 1 N–H and O–H groups in total. The Morgan fingerprint density at radius 2 is 1.77 bits per heavy atom. The molecule has 4 rings (SSSR count). The van der Waals surface area contributed by atoms with E-state index in [-0.39, 0.29) is 22.4 Å². The number of fused-ring (bicyclic) bond motifs is 1. The third kappa shape index (κ3) is 4.64. The molecule has 1 aromatic heterocycles. The van der Waals surface area contributed by atoms with Crippen molar-refractivity contribution in [3.8, 4) is 0 Å². The summed E-state index contributed by atoms with van der Waals surface area (Å²) in [6.07, 6.45) is 0. The summed E-state index contributed by atoms with van der Waals surface area (Å²) in [6, 6.07) is 19.6. The van der Waals surface area contributed by atoms with Gasteiger partial charge in [-0.15, -0.1) is 0 Å². The lowest BCUT2D eigenvalue weighted by Crippen LogP contribution is -2.12. The SMILES string of the molecule is CC(=O)Nc1ccc(S(=O)(=O)Cc2nc3ccccc3n2Cc2cccc(F)c2)cc1. The van der Waals surface area contributed by atoms with Gasteiger partial charge in [0.05, 0.1) is 15.9 Å². The lowest BCUT2D eigenvalue weighted by atomic mass is 10.2. The zero-order valence-corrected chi connectivity index (χ0v) is 17.6. The van der Waals surface area contributed by atoms with Gasteiger partial charge in [-0.3, -0.25) is 4.79 Å². The summed E-state index contributed by atoms with van der Waals surface area (Å²) in [4.78, 5) is 15.8. The molecule has 0 saturated carbocycles. The van der Waals surface area contributed by atoms with Crippen molar-refractivity contribution >= 4 is 32.5 Å². The Bertz CT molecular complexity index is 1360. The molecule has 4 aromatic rings. The predicted molar refractivity (Wildman–Crippen MR) is 117 cm³/mol. The number of carbonyl (C=O) groups excluding carboxylic acids is 1. The minimum atomic E-state index is -3.70. The van der Waals surface area contributed by atoms with Gasteiger partial charge in [-0.1, -0.05) is 24.3 Å². The molecule has 0 aliphatic carbocycles. The Hall–Kier alpha value is -3.52. The maximum atomic E-state index is 13.7. The molecular weight excluding hydrogens is 417 g/mol. The van der Waals surface area contributed by atoms with Gasteiger partial charge < -0.3 is 9.88 Å². The molecule has 0 unspecified atom stereocenters. The summed E-state index contributed by atoms with van der Waals surface area (Å²) in [6.45, 7) is 1.68. The molecule has 0 aliphatic heterocycles. The molecule has 0 saturated heterocycles. The maximum Gasteiger partial charge on any atom is 0.221 e. The van der Waals surface area contributed by atoms with Crippen LogP contribution < -0.4 is 5.32 Å². The van der Waals surface area contributed by atoms with Crippen LogP contribution in [0.5, 0.6) is 0 Å². The molecule has 0 bridgehead atoms. The summed E-state index contributed by atoms with van der Waals surface area (Å²) in [5.41, 5.74) is 2.68. The molecule has 1 amide bonds. The number of anilines is 1. The van der Waals surface area contributed by atoms with Gasteiger partial charge in [0, 0.05) is 19.2 Å². The third-order valence-electron chi connectivity index (χ3n) is 4.82. The first kappa shape index (κ1) is 20.7. The smallest absolute Gasteiger partial charge is 0.221 e. The van der Waals surface area contributed by atoms with Gasteiger partial charge >= 0.3 is 0 Å². The van der Waals surface area contributed by atoms with Gasteiger partial charge in [0.2, 0.25) is 5.91 Å². The number of carbonyl (C=O) groups is 1. The van der Waals surface area contributed by atoms with Crippen LogP contribution in [0.3, 0.4) is 0 Å². The predicted octanol–water partition coefficient (Wildman–Crippen LogP) is 4.16. The third-order valence-corrected chi connectivity index (χ3v) is 6.44. The molecule has 8 heteroatoms. The highest BCUT2D eigenvalue weighted by Crippen LogP contribution is 2.23. The number of hydrogen-bond donors (Lipinski definition) is 1. The van der Waals surface area contributed by atoms with Crippen LogP contribution in [0.4, 0.5) is 10.1 Å². The van der Waals surface area contributed by atoms with E-state index < -0.39 is 9.84 Å². The van der Waals surface area contributed by atoms with Crippen molar-refractivity contribution in [3.05, 3.63) is 90.0 Å². The number of sulfone groups is 1. The molecule has 0 aliphatic rings. The fourth-order valence-electron chi connectivity index (χ4n) is 3.43. The van der Waals surface area contributed by atoms with Crippen molar-refractivity contribution in [1.82, 2.24) is 9.55 Å². The number of rotatable bonds is 6. The van der Waals surface area contributed by atoms with Gasteiger partial charge in [-0.25, -0.2) is 17.8 Å². The number of para-hydroxylation sites is 2. The zero-order chi connectivity index (χ0) is 22.0. The molecule has 0 atom stereocenters. The lowest BCUT2D eigenvalue weighted by Gasteiger charge is -2.11. The van der Waals surface area contributed by atoms with Crippen LogP contribution >= 0.6 is 0 Å². The maximum absolute atomic E-state index is 13.7. The van der Waals surface area contributed by atoms with E-state index in [1.165, 1.54) is 31.2 Å². The molecular formula is C23H20FN3O3S. The molecule has 0 fully saturated rings. The first-order chi connectivity index (χ1) is 14.8. The number of benzene rings is 3. The van der Waals surface area contributed by atoms with Crippen LogP contribution in [-0.4, -0.2) is 23.9 Å². The Morgan fingerprint density at radius 1 is 1.03 bits per heavy atom. The Kier molecular flexibility index (Phi) is 5.56. The first-order valence-electron chi connectivity index (χ1n) is 9.61. The normalized spacial score (nSPS) is 11.5. The van der Waals surface area contributed by atoms with E-state index in [1.54, 1.807) is 28.8 Å². The molecule has 158 valence electrons. The number of nitrogens with one attached hydrogen (secondary N) is 1. The lowest BCUT2D eigenvalue weighted by molar-refractivity contribution is -0.114. The van der Waals surface area contributed by atoms with Crippen molar-refractivity contribution in [2.45, 2.75) is 24.1 Å². The van der Waals surface area contributed by atoms with E-state index in [2.05, 4.69) is 10.3 Å². The second kappa shape index (κ2) is 8.31. The molecule has 31 heavy (non-hydrogen) atoms. The van der Waals surface area contributed by atoms with Crippen molar-refractivity contribution in [1.29, 1.82) is 0 Å². The molecule has 0 radical (unpaired) electrons. The Balaban J connectivity index is 1.69. The number of amides is 1. The molecule has 0 spiro atoms. The van der Waals surface area contributed by atoms with Crippen molar-refractivity contribution < 1.29 is 17.6 Å². The van der Waals surface area contributed by atoms with E-state index in [4.69, 9.17) is 0 Å². The highest BCUT2D eigenvalue weighted by Gasteiger charge is 2.21. The van der Waals surface area contributed by atoms with Crippen molar-refractivity contribution in [2.75, 3.05) is 5.32 Å². The first-order valence-corrected chi connectivity index (χ1v) is 11.3. The van der Waals surface area contributed by atoms with Gasteiger partial charge in [-0.2, -0.15) is 0 Å². The fourth-order valence-corrected chi connectivity index (χ4v) is 4.71. The number of hydrogen-bond acceptors (Lipinski definition) is 4. The van der Waals surface area contributed by atoms with Crippen LogP contribution in [0.25, 0.3) is 11.0 Å². The van der Waals surface area contributed by atoms with Gasteiger partial charge in [-0.05, 0) is 54.1 Å². The van der Waals surface area contributed by atoms with Crippen LogP contribution in [-0.2, 0) is 26.9 Å². The second-order valence-electron chi connectivity index (χ2n) is 7.20. The van der Waals surface area contributed by atoms with Crippen molar-refractivity contribution in [2.24, 2.45) is 0 Å². The summed E-state index contributed by atoms with van der Waals surface area (Å²) < 4.78 is 41.6. The van der Waals surface area contributed by atoms with Gasteiger partial charge in [0.15, 0.2) is 9.84 Å². The van der Waals surface area contributed by atoms with Crippen molar-refractivity contribution in [3.63, 3.8) is 0 Å². The second-order valence-corrected chi connectivity index (χ2v) is 9.19. The Morgan fingerprint density at radius 3 is 2.48 bits per heavy atom. The average molecular weight is 437 g/mol. The van der Waals surface area contributed by atoms with E-state index in [0.717, 1.165) is 5.52 Å². The highest BCUT2D eigenvalue weighted by molar-refractivity contribution is 7.90. The molecule has 3 aromatic carbocycles. The van der Waals surface area contributed by atoms with Crippen LogP contribution in [0.2, 0.25) is 0 Å². The minimum Gasteiger partial charge on any atom is -0.326 e. The fraction of sp³-hybridized carbons (Fsp3) is 0.130. The van der Waals surface area contributed by atoms with E-state index >= 15 is 0 Å². The number of aromatic nitrogens is 2. The number of nitrogens with zero attached hydrogens (tertiary/aromatic N) is 2. The van der Waals surface area contributed by atoms with Gasteiger partial charge in [0.1, 0.15) is 17.4 Å². The average Bonchev–Trinajstić information content (AvgIpc) is 3.04. The van der Waals surface area contributed by atoms with E-state index in [9.17, 15) is 17.6 Å². The zero-order valence-electron chi connectivity index (χ0n) is 16.7. The van der Waals surface area contributed by atoms with E-state index in [1.807, 2.05) is 24.3 Å². The number of imidazole rings is 1. The minimum absolute atomic E-state index is 0.131. The Labute approximate surface area is 179 Å². The highest BCUT2D eigenvalue weighted by atomic mass is 32.2.